The summed E-state index contributed by atoms with van der Waals surface area (Å²) in [7, 11) is 0. The molecule has 0 atom stereocenters. The SMILES string of the molecule is CCCCCNC(=S)N1CCC(c2nc(C(=O)Nc3ccc(F)cc3-c3ccc(Cl)cc3)cs2)CC1. The van der Waals surface area contributed by atoms with Gasteiger partial charge in [-0.15, -0.1) is 11.3 Å². The first-order valence-corrected chi connectivity index (χ1v) is 14.0. The highest BCUT2D eigenvalue weighted by Gasteiger charge is 2.25. The second kappa shape index (κ2) is 12.6. The first kappa shape index (κ1) is 26.5. The van der Waals surface area contributed by atoms with Crippen molar-refractivity contribution in [2.45, 2.75) is 44.9 Å². The van der Waals surface area contributed by atoms with Crippen LogP contribution in [0.1, 0.15) is 60.4 Å². The van der Waals surface area contributed by atoms with Crippen LogP contribution < -0.4 is 10.6 Å². The second-order valence-corrected chi connectivity index (χ2v) is 10.6. The summed E-state index contributed by atoms with van der Waals surface area (Å²) in [6.45, 7) is 4.88. The minimum atomic E-state index is -0.379. The number of anilines is 1. The van der Waals surface area contributed by atoms with Gasteiger partial charge in [0.25, 0.3) is 5.91 Å². The molecule has 0 saturated carbocycles. The number of aromatic nitrogens is 1. The summed E-state index contributed by atoms with van der Waals surface area (Å²) < 4.78 is 14.0. The molecule has 0 unspecified atom stereocenters. The van der Waals surface area contributed by atoms with Crippen LogP contribution in [0.4, 0.5) is 10.1 Å². The second-order valence-electron chi connectivity index (χ2n) is 8.92. The van der Waals surface area contributed by atoms with Gasteiger partial charge in [-0.3, -0.25) is 4.79 Å². The topological polar surface area (TPSA) is 57.3 Å². The van der Waals surface area contributed by atoms with Gasteiger partial charge in [-0.2, -0.15) is 0 Å². The smallest absolute Gasteiger partial charge is 0.275 e. The molecule has 0 aliphatic carbocycles. The van der Waals surface area contributed by atoms with Gasteiger partial charge in [-0.1, -0.05) is 43.5 Å². The molecule has 190 valence electrons. The minimum absolute atomic E-state index is 0.311. The van der Waals surface area contributed by atoms with Crippen LogP contribution in [-0.2, 0) is 0 Å². The number of likely N-dealkylation sites (tertiary alicyclic amines) is 1. The number of unbranched alkanes of at least 4 members (excludes halogenated alkanes) is 2. The number of amides is 1. The first-order valence-electron chi connectivity index (χ1n) is 12.3. The van der Waals surface area contributed by atoms with Gasteiger partial charge < -0.3 is 15.5 Å². The molecular weight excluding hydrogens is 515 g/mol. The number of carbonyl (C=O) groups excluding carboxylic acids is 1. The van der Waals surface area contributed by atoms with Gasteiger partial charge in [0.2, 0.25) is 0 Å². The number of hydrogen-bond donors (Lipinski definition) is 2. The molecule has 1 aliphatic rings. The molecule has 4 rings (SSSR count). The van der Waals surface area contributed by atoms with Gasteiger partial charge in [0.1, 0.15) is 11.5 Å². The fourth-order valence-corrected chi connectivity index (χ4v) is 5.65. The molecule has 2 aromatic carbocycles. The normalized spacial score (nSPS) is 14.0. The molecule has 1 aromatic heterocycles. The van der Waals surface area contributed by atoms with Gasteiger partial charge in [0.15, 0.2) is 5.11 Å². The summed E-state index contributed by atoms with van der Waals surface area (Å²) in [5.41, 5.74) is 2.24. The van der Waals surface area contributed by atoms with Crippen molar-refractivity contribution in [3.63, 3.8) is 0 Å². The quantitative estimate of drug-likeness (QED) is 0.234. The van der Waals surface area contributed by atoms with Crippen LogP contribution in [0.3, 0.4) is 0 Å². The Balaban J connectivity index is 1.36. The van der Waals surface area contributed by atoms with E-state index in [1.165, 1.54) is 36.3 Å². The van der Waals surface area contributed by atoms with Crippen molar-refractivity contribution in [1.29, 1.82) is 0 Å². The van der Waals surface area contributed by atoms with Crippen LogP contribution in [0.25, 0.3) is 11.1 Å². The maximum atomic E-state index is 14.0. The van der Waals surface area contributed by atoms with E-state index in [0.717, 1.165) is 54.6 Å². The largest absolute Gasteiger partial charge is 0.363 e. The molecule has 3 aromatic rings. The van der Waals surface area contributed by atoms with Gasteiger partial charge in [0.05, 0.1) is 5.01 Å². The third-order valence-corrected chi connectivity index (χ3v) is 7.99. The average molecular weight is 545 g/mol. The van der Waals surface area contributed by atoms with Gasteiger partial charge in [-0.05, 0) is 67.4 Å². The van der Waals surface area contributed by atoms with E-state index >= 15 is 0 Å². The van der Waals surface area contributed by atoms with E-state index in [9.17, 15) is 9.18 Å². The molecular formula is C27H30ClFN4OS2. The summed E-state index contributed by atoms with van der Waals surface area (Å²) in [6.07, 6.45) is 5.44. The zero-order valence-corrected chi connectivity index (χ0v) is 22.6. The number of piperidine rings is 1. The van der Waals surface area contributed by atoms with E-state index in [-0.39, 0.29) is 11.7 Å². The molecule has 1 fully saturated rings. The fraction of sp³-hybridized carbons (Fsp3) is 0.370. The molecule has 0 spiro atoms. The number of halogens is 2. The van der Waals surface area contributed by atoms with Crippen LogP contribution in [-0.4, -0.2) is 40.5 Å². The Hall–Kier alpha value is -2.55. The Labute approximate surface area is 226 Å². The number of rotatable bonds is 8. The monoisotopic (exact) mass is 544 g/mol. The van der Waals surface area contributed by atoms with Crippen LogP contribution in [0.5, 0.6) is 0 Å². The van der Waals surface area contributed by atoms with Crippen molar-refractivity contribution in [1.82, 2.24) is 15.2 Å². The molecule has 0 bridgehead atoms. The summed E-state index contributed by atoms with van der Waals surface area (Å²) in [4.78, 5) is 19.9. The molecule has 9 heteroatoms. The van der Waals surface area contributed by atoms with E-state index in [1.807, 2.05) is 0 Å². The van der Waals surface area contributed by atoms with Gasteiger partial charge >= 0.3 is 0 Å². The Bertz CT molecular complexity index is 1190. The molecule has 36 heavy (non-hydrogen) atoms. The number of nitrogens with zero attached hydrogens (tertiary/aromatic N) is 2. The molecule has 2 heterocycles. The summed E-state index contributed by atoms with van der Waals surface area (Å²) >= 11 is 13.1. The van der Waals surface area contributed by atoms with Crippen LogP contribution >= 0.6 is 35.2 Å². The third-order valence-electron chi connectivity index (χ3n) is 6.33. The lowest BCUT2D eigenvalue weighted by Gasteiger charge is -2.33. The molecule has 1 saturated heterocycles. The first-order chi connectivity index (χ1) is 17.4. The third kappa shape index (κ3) is 6.81. The summed E-state index contributed by atoms with van der Waals surface area (Å²) in [5.74, 6) is -0.378. The Morgan fingerprint density at radius 1 is 1.19 bits per heavy atom. The van der Waals surface area contributed by atoms with Gasteiger partial charge in [-0.25, -0.2) is 9.37 Å². The van der Waals surface area contributed by atoms with Crippen molar-refractivity contribution in [2.75, 3.05) is 25.0 Å². The highest BCUT2D eigenvalue weighted by atomic mass is 35.5. The number of thiazole rings is 1. The Morgan fingerprint density at radius 3 is 2.67 bits per heavy atom. The van der Waals surface area contributed by atoms with Gasteiger partial charge in [0, 0.05) is 47.2 Å². The zero-order chi connectivity index (χ0) is 25.5. The van der Waals surface area contributed by atoms with Crippen molar-refractivity contribution in [2.24, 2.45) is 0 Å². The van der Waals surface area contributed by atoms with Crippen molar-refractivity contribution in [3.8, 4) is 11.1 Å². The molecule has 0 radical (unpaired) electrons. The van der Waals surface area contributed by atoms with Crippen LogP contribution in [0, 0.1) is 5.82 Å². The number of hydrogen-bond acceptors (Lipinski definition) is 4. The Kier molecular flexibility index (Phi) is 9.29. The maximum absolute atomic E-state index is 14.0. The summed E-state index contributed by atoms with van der Waals surface area (Å²) in [6, 6.07) is 11.4. The van der Waals surface area contributed by atoms with Crippen molar-refractivity contribution in [3.05, 3.63) is 69.4 Å². The minimum Gasteiger partial charge on any atom is -0.363 e. The molecule has 1 amide bonds. The fourth-order valence-electron chi connectivity index (χ4n) is 4.27. The van der Waals surface area contributed by atoms with E-state index in [1.54, 1.807) is 35.7 Å². The average Bonchev–Trinajstić information content (AvgIpc) is 3.39. The zero-order valence-electron chi connectivity index (χ0n) is 20.2. The van der Waals surface area contributed by atoms with Crippen LogP contribution in [0.2, 0.25) is 5.02 Å². The highest BCUT2D eigenvalue weighted by Crippen LogP contribution is 2.32. The van der Waals surface area contributed by atoms with E-state index in [2.05, 4.69) is 27.4 Å². The van der Waals surface area contributed by atoms with E-state index in [0.29, 0.717) is 27.9 Å². The van der Waals surface area contributed by atoms with E-state index < -0.39 is 0 Å². The number of benzene rings is 2. The number of nitrogens with one attached hydrogen (secondary N) is 2. The maximum Gasteiger partial charge on any atom is 0.275 e. The predicted molar refractivity (Wildman–Crippen MR) is 151 cm³/mol. The lowest BCUT2D eigenvalue weighted by molar-refractivity contribution is 0.102. The predicted octanol–water partition coefficient (Wildman–Crippen LogP) is 7.10. The molecule has 5 nitrogen and oxygen atoms in total. The standard InChI is InChI=1S/C27H30ClFN4OS2/c1-2-3-4-13-30-27(35)33-14-11-19(12-15-33)26-32-24(17-36-26)25(34)31-23-10-9-21(29)16-22(23)18-5-7-20(28)8-6-18/h5-10,16-17,19H,2-4,11-15H2,1H3,(H,30,35)(H,31,34). The lowest BCUT2D eigenvalue weighted by atomic mass is 9.98. The number of carbonyl (C=O) groups is 1. The molecule has 2 N–H and O–H groups in total. The van der Waals surface area contributed by atoms with Crippen LogP contribution in [0.15, 0.2) is 47.8 Å². The summed E-state index contributed by atoms with van der Waals surface area (Å²) in [5, 5.41) is 10.5. The molecule has 1 aliphatic heterocycles. The lowest BCUT2D eigenvalue weighted by Crippen LogP contribution is -2.44. The Morgan fingerprint density at radius 2 is 1.94 bits per heavy atom. The highest BCUT2D eigenvalue weighted by molar-refractivity contribution is 7.80. The van der Waals surface area contributed by atoms with Crippen molar-refractivity contribution < 1.29 is 9.18 Å². The van der Waals surface area contributed by atoms with E-state index in [4.69, 9.17) is 23.8 Å². The number of thiocarbonyl (C=S) groups is 1. The van der Waals surface area contributed by atoms with Crippen molar-refractivity contribution >= 4 is 51.9 Å².